The van der Waals surface area contributed by atoms with Crippen molar-refractivity contribution in [2.45, 2.75) is 6.42 Å². The number of aromatic amines is 1. The maximum atomic E-state index is 10.0. The first kappa shape index (κ1) is 7.01. The van der Waals surface area contributed by atoms with Crippen molar-refractivity contribution in [2.24, 2.45) is 0 Å². The van der Waals surface area contributed by atoms with Crippen molar-refractivity contribution in [3.05, 3.63) is 11.1 Å². The van der Waals surface area contributed by atoms with Crippen LogP contribution in [0.3, 0.4) is 0 Å². The van der Waals surface area contributed by atoms with E-state index >= 15 is 0 Å². The molecule has 0 amide bonds. The highest BCUT2D eigenvalue weighted by atomic mass is 35.5. The Labute approximate surface area is 61.0 Å². The van der Waals surface area contributed by atoms with Crippen LogP contribution in [0.5, 0.6) is 0 Å². The molecule has 0 unspecified atom stereocenters. The Bertz CT molecular complexity index is 246. The second kappa shape index (κ2) is 2.66. The molecule has 0 radical (unpaired) electrons. The van der Waals surface area contributed by atoms with E-state index in [0.29, 0.717) is 0 Å². The van der Waals surface area contributed by atoms with Gasteiger partial charge >= 0.3 is 5.97 Å². The van der Waals surface area contributed by atoms with E-state index in [9.17, 15) is 4.79 Å². The van der Waals surface area contributed by atoms with E-state index < -0.39 is 5.97 Å². The molecule has 0 bridgehead atoms. The predicted octanol–water partition coefficient (Wildman–Crippen LogP) is 0.0852. The number of nitrogens with one attached hydrogen (secondary N) is 1. The van der Waals surface area contributed by atoms with Crippen molar-refractivity contribution in [1.82, 2.24) is 15.2 Å². The molecule has 0 aliphatic rings. The molecule has 1 rings (SSSR count). The minimum Gasteiger partial charge on any atom is -0.481 e. The molecule has 0 atom stereocenters. The average Bonchev–Trinajstić information content (AvgIpc) is 2.13. The van der Waals surface area contributed by atoms with Gasteiger partial charge in [-0.1, -0.05) is 0 Å². The minimum atomic E-state index is -0.965. The molecule has 0 aliphatic heterocycles. The molecule has 5 nitrogen and oxygen atoms in total. The number of hydrogen-bond donors (Lipinski definition) is 2. The lowest BCUT2D eigenvalue weighted by molar-refractivity contribution is -0.136. The number of carboxylic acids is 1. The molecule has 6 heteroatoms. The summed E-state index contributed by atoms with van der Waals surface area (Å²) in [6, 6.07) is 0. The van der Waals surface area contributed by atoms with Crippen molar-refractivity contribution in [3.63, 3.8) is 0 Å². The summed E-state index contributed by atoms with van der Waals surface area (Å²) in [5.74, 6) is -0.703. The van der Waals surface area contributed by atoms with Crippen LogP contribution in [0.15, 0.2) is 0 Å². The summed E-state index contributed by atoms with van der Waals surface area (Å²) in [6.45, 7) is 0. The fourth-order valence-corrected chi connectivity index (χ4v) is 0.639. The van der Waals surface area contributed by atoms with E-state index in [1.54, 1.807) is 0 Å². The van der Waals surface area contributed by atoms with E-state index in [-0.39, 0.29) is 17.5 Å². The summed E-state index contributed by atoms with van der Waals surface area (Å²) >= 11 is 5.30. The zero-order valence-corrected chi connectivity index (χ0v) is 5.59. The van der Waals surface area contributed by atoms with Crippen molar-refractivity contribution in [2.75, 3.05) is 0 Å². The van der Waals surface area contributed by atoms with Crippen molar-refractivity contribution < 1.29 is 9.90 Å². The largest absolute Gasteiger partial charge is 0.481 e. The van der Waals surface area contributed by atoms with Gasteiger partial charge in [-0.2, -0.15) is 0 Å². The number of H-pyrrole nitrogens is 1. The van der Waals surface area contributed by atoms with Crippen LogP contribution in [0.4, 0.5) is 0 Å². The molecule has 54 valence electrons. The molecule has 0 fully saturated rings. The lowest BCUT2D eigenvalue weighted by Gasteiger charge is -1.84. The van der Waals surface area contributed by atoms with Gasteiger partial charge in [0.2, 0.25) is 5.28 Å². The highest BCUT2D eigenvalue weighted by molar-refractivity contribution is 6.28. The molecular formula is C4H4ClN3O2. The van der Waals surface area contributed by atoms with Gasteiger partial charge in [-0.05, 0) is 11.6 Å². The zero-order valence-electron chi connectivity index (χ0n) is 4.83. The molecule has 10 heavy (non-hydrogen) atoms. The quantitative estimate of drug-likeness (QED) is 0.644. The molecule has 1 aromatic rings. The summed E-state index contributed by atoms with van der Waals surface area (Å²) < 4.78 is 0. The van der Waals surface area contributed by atoms with Gasteiger partial charge in [0.15, 0.2) is 0 Å². The Morgan fingerprint density at radius 1 is 1.80 bits per heavy atom. The summed E-state index contributed by atoms with van der Waals surface area (Å²) in [6.07, 6.45) is -0.181. The monoisotopic (exact) mass is 161 g/mol. The lowest BCUT2D eigenvalue weighted by atomic mass is 10.4. The van der Waals surface area contributed by atoms with Gasteiger partial charge in [0.05, 0.1) is 0 Å². The number of carboxylic acid groups (broad SMARTS) is 1. The molecule has 0 aliphatic carbocycles. The van der Waals surface area contributed by atoms with Crippen LogP contribution in [0.2, 0.25) is 5.28 Å². The summed E-state index contributed by atoms with van der Waals surface area (Å²) in [4.78, 5) is 13.6. The standard InChI is InChI=1S/C4H4ClN3O2/c5-4-6-2(7-8-4)1-3(9)10/h1H2,(H,9,10)(H,6,7,8). The molecule has 0 saturated carbocycles. The maximum absolute atomic E-state index is 10.0. The van der Waals surface area contributed by atoms with Crippen LogP contribution in [-0.4, -0.2) is 26.3 Å². The average molecular weight is 162 g/mol. The smallest absolute Gasteiger partial charge is 0.311 e. The van der Waals surface area contributed by atoms with Crippen LogP contribution < -0.4 is 0 Å². The fraction of sp³-hybridized carbons (Fsp3) is 0.250. The summed E-state index contributed by atoms with van der Waals surface area (Å²) in [5.41, 5.74) is 0. The van der Waals surface area contributed by atoms with Crippen LogP contribution in [0.1, 0.15) is 5.82 Å². The Morgan fingerprint density at radius 3 is 2.90 bits per heavy atom. The second-order valence-corrected chi connectivity index (χ2v) is 1.96. The Balaban J connectivity index is 2.67. The van der Waals surface area contributed by atoms with Crippen molar-refractivity contribution >= 4 is 17.6 Å². The zero-order chi connectivity index (χ0) is 7.56. The van der Waals surface area contributed by atoms with Gasteiger partial charge in [-0.3, -0.25) is 9.89 Å². The molecule has 1 heterocycles. The minimum absolute atomic E-state index is 0.0382. The van der Waals surface area contributed by atoms with Crippen LogP contribution >= 0.6 is 11.6 Å². The Morgan fingerprint density at radius 2 is 2.50 bits per heavy atom. The first-order valence-electron chi connectivity index (χ1n) is 2.47. The van der Waals surface area contributed by atoms with Crippen molar-refractivity contribution in [1.29, 1.82) is 0 Å². The van der Waals surface area contributed by atoms with Crippen LogP contribution in [0, 0.1) is 0 Å². The van der Waals surface area contributed by atoms with Gasteiger partial charge < -0.3 is 5.11 Å². The fourth-order valence-electron chi connectivity index (χ4n) is 0.494. The van der Waals surface area contributed by atoms with Crippen LogP contribution in [0.25, 0.3) is 0 Å². The first-order chi connectivity index (χ1) is 4.68. The van der Waals surface area contributed by atoms with Gasteiger partial charge in [-0.25, -0.2) is 4.98 Å². The molecule has 0 saturated heterocycles. The lowest BCUT2D eigenvalue weighted by Crippen LogP contribution is -2.01. The third-order valence-electron chi connectivity index (χ3n) is 0.823. The van der Waals surface area contributed by atoms with Gasteiger partial charge in [0.1, 0.15) is 12.2 Å². The summed E-state index contributed by atoms with van der Waals surface area (Å²) in [5, 5.41) is 14.1. The number of rotatable bonds is 2. The highest BCUT2D eigenvalue weighted by Crippen LogP contribution is 1.98. The molecule has 2 N–H and O–H groups in total. The number of carbonyl (C=O) groups is 1. The SMILES string of the molecule is O=C(O)Cc1nc(Cl)n[nH]1. The van der Waals surface area contributed by atoms with Gasteiger partial charge in [-0.15, -0.1) is 5.10 Å². The molecule has 0 spiro atoms. The number of aromatic nitrogens is 3. The number of halogens is 1. The van der Waals surface area contributed by atoms with E-state index in [4.69, 9.17) is 16.7 Å². The highest BCUT2D eigenvalue weighted by Gasteiger charge is 2.04. The van der Waals surface area contributed by atoms with Gasteiger partial charge in [0.25, 0.3) is 0 Å². The number of aliphatic carboxylic acids is 1. The van der Waals surface area contributed by atoms with E-state index in [1.165, 1.54) is 0 Å². The van der Waals surface area contributed by atoms with E-state index in [0.717, 1.165) is 0 Å². The maximum Gasteiger partial charge on any atom is 0.311 e. The van der Waals surface area contributed by atoms with E-state index in [2.05, 4.69) is 15.2 Å². The molecular weight excluding hydrogens is 158 g/mol. The molecule has 1 aromatic heterocycles. The van der Waals surface area contributed by atoms with Gasteiger partial charge in [0, 0.05) is 0 Å². The van der Waals surface area contributed by atoms with Crippen LogP contribution in [-0.2, 0) is 11.2 Å². The first-order valence-corrected chi connectivity index (χ1v) is 2.85. The predicted molar refractivity (Wildman–Crippen MR) is 32.7 cm³/mol. The Kier molecular flexibility index (Phi) is 1.86. The number of hydrogen-bond acceptors (Lipinski definition) is 3. The van der Waals surface area contributed by atoms with Crippen molar-refractivity contribution in [3.8, 4) is 0 Å². The second-order valence-electron chi connectivity index (χ2n) is 1.62. The normalized spacial score (nSPS) is 9.70. The third-order valence-corrected chi connectivity index (χ3v) is 0.992. The Hall–Kier alpha value is -1.10. The van der Waals surface area contributed by atoms with E-state index in [1.807, 2.05) is 0 Å². The third kappa shape index (κ3) is 1.70. The summed E-state index contributed by atoms with van der Waals surface area (Å²) in [7, 11) is 0. The topological polar surface area (TPSA) is 78.9 Å². The number of nitrogens with zero attached hydrogens (tertiary/aromatic N) is 2. The molecule has 0 aromatic carbocycles.